The summed E-state index contributed by atoms with van der Waals surface area (Å²) in [5, 5.41) is 3.51. The highest BCUT2D eigenvalue weighted by atomic mass is 35.5. The van der Waals surface area contributed by atoms with Gasteiger partial charge in [0.2, 0.25) is 5.91 Å². The molecule has 0 heterocycles. The Hall–Kier alpha value is -1.60. The summed E-state index contributed by atoms with van der Waals surface area (Å²) in [7, 11) is -3.36. The molecule has 0 spiro atoms. The number of carbonyl (C=O) groups excluding carboxylic acids is 1. The van der Waals surface area contributed by atoms with Crippen molar-refractivity contribution in [3.05, 3.63) is 64.7 Å². The summed E-state index contributed by atoms with van der Waals surface area (Å²) in [6.07, 6.45) is 2.52. The largest absolute Gasteiger partial charge is 0.344 e. The van der Waals surface area contributed by atoms with Gasteiger partial charge >= 0.3 is 0 Å². The molecular formula is C19H24Cl2N2O3S. The monoisotopic (exact) mass is 430 g/mol. The molecule has 148 valence electrons. The number of rotatable bonds is 7. The standard InChI is InChI=1S/C19H23ClN2O3S.ClH/c1-3-5-17(21)19(23)22-18(13-8-10-15(20)11-9-13)14-6-4-7-16(12-14)26(2,24)25;/h4,6-12,17-18H,3,5,21H2,1-2H3,(H,22,23);1H. The molecule has 1 amide bonds. The van der Waals surface area contributed by atoms with E-state index in [2.05, 4.69) is 5.32 Å². The first kappa shape index (κ1) is 23.4. The van der Waals surface area contributed by atoms with E-state index in [1.165, 1.54) is 6.07 Å². The van der Waals surface area contributed by atoms with Crippen molar-refractivity contribution in [2.75, 3.05) is 6.26 Å². The van der Waals surface area contributed by atoms with E-state index in [0.717, 1.165) is 18.2 Å². The third kappa shape index (κ3) is 6.50. The lowest BCUT2D eigenvalue weighted by Gasteiger charge is -2.22. The van der Waals surface area contributed by atoms with Gasteiger partial charge in [0.25, 0.3) is 0 Å². The van der Waals surface area contributed by atoms with Crippen LogP contribution in [0.4, 0.5) is 0 Å². The van der Waals surface area contributed by atoms with Crippen molar-refractivity contribution in [3.63, 3.8) is 0 Å². The lowest BCUT2D eigenvalue weighted by atomic mass is 9.98. The van der Waals surface area contributed by atoms with E-state index in [0.29, 0.717) is 17.0 Å². The fourth-order valence-corrected chi connectivity index (χ4v) is 3.43. The number of benzene rings is 2. The Morgan fingerprint density at radius 3 is 2.33 bits per heavy atom. The van der Waals surface area contributed by atoms with Crippen LogP contribution in [0.15, 0.2) is 53.4 Å². The van der Waals surface area contributed by atoms with Gasteiger partial charge in [0.05, 0.1) is 17.0 Å². The fourth-order valence-electron chi connectivity index (χ4n) is 2.63. The smallest absolute Gasteiger partial charge is 0.237 e. The van der Waals surface area contributed by atoms with Gasteiger partial charge in [-0.2, -0.15) is 0 Å². The van der Waals surface area contributed by atoms with Crippen LogP contribution in [0.2, 0.25) is 5.02 Å². The molecule has 8 heteroatoms. The average molecular weight is 431 g/mol. The third-order valence-corrected chi connectivity index (χ3v) is 5.41. The van der Waals surface area contributed by atoms with E-state index in [1.807, 2.05) is 6.92 Å². The molecule has 2 atom stereocenters. The third-order valence-electron chi connectivity index (χ3n) is 4.05. The Balaban J connectivity index is 0.00000364. The summed E-state index contributed by atoms with van der Waals surface area (Å²) >= 11 is 5.96. The molecular weight excluding hydrogens is 407 g/mol. The summed E-state index contributed by atoms with van der Waals surface area (Å²) in [6, 6.07) is 12.4. The van der Waals surface area contributed by atoms with E-state index in [-0.39, 0.29) is 23.2 Å². The maximum absolute atomic E-state index is 12.5. The van der Waals surface area contributed by atoms with Crippen LogP contribution in [0.25, 0.3) is 0 Å². The number of hydrogen-bond donors (Lipinski definition) is 2. The second-order valence-electron chi connectivity index (χ2n) is 6.23. The quantitative estimate of drug-likeness (QED) is 0.702. The Kier molecular flexibility index (Phi) is 8.75. The maximum atomic E-state index is 12.5. The minimum absolute atomic E-state index is 0. The lowest BCUT2D eigenvalue weighted by Crippen LogP contribution is -2.42. The predicted octanol–water partition coefficient (Wildman–Crippen LogP) is 3.50. The topological polar surface area (TPSA) is 89.3 Å². The van der Waals surface area contributed by atoms with Gasteiger partial charge in [-0.15, -0.1) is 12.4 Å². The molecule has 0 fully saturated rings. The zero-order chi connectivity index (χ0) is 19.3. The van der Waals surface area contributed by atoms with Crippen LogP contribution in [0.5, 0.6) is 0 Å². The SMILES string of the molecule is CCCC(N)C(=O)NC(c1ccc(Cl)cc1)c1cccc(S(C)(=O)=O)c1.Cl. The highest BCUT2D eigenvalue weighted by Gasteiger charge is 2.21. The number of nitrogens with one attached hydrogen (secondary N) is 1. The van der Waals surface area contributed by atoms with Crippen LogP contribution in [-0.4, -0.2) is 26.6 Å². The molecule has 2 aromatic rings. The number of nitrogens with two attached hydrogens (primary N) is 1. The number of amides is 1. The molecule has 0 aliphatic rings. The summed E-state index contributed by atoms with van der Waals surface area (Å²) in [5.41, 5.74) is 7.37. The van der Waals surface area contributed by atoms with Crippen LogP contribution >= 0.6 is 24.0 Å². The van der Waals surface area contributed by atoms with Gasteiger partial charge in [-0.3, -0.25) is 4.79 Å². The van der Waals surface area contributed by atoms with E-state index >= 15 is 0 Å². The first-order chi connectivity index (χ1) is 12.2. The van der Waals surface area contributed by atoms with Crippen LogP contribution in [-0.2, 0) is 14.6 Å². The minimum atomic E-state index is -3.36. The first-order valence-electron chi connectivity index (χ1n) is 8.33. The summed E-state index contributed by atoms with van der Waals surface area (Å²) in [5.74, 6) is -0.281. The number of carbonyl (C=O) groups is 1. The highest BCUT2D eigenvalue weighted by molar-refractivity contribution is 7.90. The van der Waals surface area contributed by atoms with Crippen LogP contribution < -0.4 is 11.1 Å². The van der Waals surface area contributed by atoms with Gasteiger partial charge < -0.3 is 11.1 Å². The zero-order valence-corrected chi connectivity index (χ0v) is 17.6. The van der Waals surface area contributed by atoms with Crippen molar-refractivity contribution >= 4 is 39.8 Å². The minimum Gasteiger partial charge on any atom is -0.344 e. The number of sulfone groups is 1. The molecule has 0 aliphatic carbocycles. The highest BCUT2D eigenvalue weighted by Crippen LogP contribution is 2.26. The Labute approximate surface area is 171 Å². The molecule has 2 rings (SSSR count). The first-order valence-corrected chi connectivity index (χ1v) is 10.6. The zero-order valence-electron chi connectivity index (χ0n) is 15.2. The lowest BCUT2D eigenvalue weighted by molar-refractivity contribution is -0.123. The van der Waals surface area contributed by atoms with Gasteiger partial charge in [0, 0.05) is 11.3 Å². The van der Waals surface area contributed by atoms with Gasteiger partial charge in [-0.05, 0) is 41.8 Å². The van der Waals surface area contributed by atoms with Gasteiger partial charge in [-0.1, -0.05) is 49.2 Å². The van der Waals surface area contributed by atoms with Crippen molar-refractivity contribution in [1.29, 1.82) is 0 Å². The number of hydrogen-bond acceptors (Lipinski definition) is 4. The molecule has 0 radical (unpaired) electrons. The van der Waals surface area contributed by atoms with Gasteiger partial charge in [0.15, 0.2) is 9.84 Å². The molecule has 0 saturated heterocycles. The number of halogens is 2. The molecule has 0 aliphatic heterocycles. The Bertz CT molecular complexity index is 871. The average Bonchev–Trinajstić information content (AvgIpc) is 2.60. The Morgan fingerprint density at radius 1 is 1.15 bits per heavy atom. The summed E-state index contributed by atoms with van der Waals surface area (Å²) < 4.78 is 23.8. The maximum Gasteiger partial charge on any atom is 0.237 e. The van der Waals surface area contributed by atoms with E-state index in [1.54, 1.807) is 42.5 Å². The molecule has 0 aromatic heterocycles. The van der Waals surface area contributed by atoms with Crippen molar-refractivity contribution in [1.82, 2.24) is 5.32 Å². The molecule has 5 nitrogen and oxygen atoms in total. The van der Waals surface area contributed by atoms with Crippen molar-refractivity contribution in [2.45, 2.75) is 36.7 Å². The van der Waals surface area contributed by atoms with Crippen LogP contribution in [0, 0.1) is 0 Å². The molecule has 0 bridgehead atoms. The fraction of sp³-hybridized carbons (Fsp3) is 0.316. The summed E-state index contributed by atoms with van der Waals surface area (Å²) in [4.78, 5) is 12.7. The second-order valence-corrected chi connectivity index (χ2v) is 8.69. The Morgan fingerprint density at radius 2 is 1.78 bits per heavy atom. The molecule has 0 saturated carbocycles. The molecule has 27 heavy (non-hydrogen) atoms. The van der Waals surface area contributed by atoms with Crippen molar-refractivity contribution in [2.24, 2.45) is 5.73 Å². The van der Waals surface area contributed by atoms with E-state index in [4.69, 9.17) is 17.3 Å². The van der Waals surface area contributed by atoms with Crippen molar-refractivity contribution in [3.8, 4) is 0 Å². The van der Waals surface area contributed by atoms with Crippen LogP contribution in [0.3, 0.4) is 0 Å². The summed E-state index contributed by atoms with van der Waals surface area (Å²) in [6.45, 7) is 1.96. The molecule has 2 aromatic carbocycles. The van der Waals surface area contributed by atoms with E-state index in [9.17, 15) is 13.2 Å². The van der Waals surface area contributed by atoms with E-state index < -0.39 is 21.9 Å². The molecule has 3 N–H and O–H groups in total. The second kappa shape index (κ2) is 10.1. The predicted molar refractivity (Wildman–Crippen MR) is 111 cm³/mol. The molecule has 2 unspecified atom stereocenters. The normalized spacial score (nSPS) is 13.3. The van der Waals surface area contributed by atoms with Crippen LogP contribution in [0.1, 0.15) is 36.9 Å². The van der Waals surface area contributed by atoms with Crippen molar-refractivity contribution < 1.29 is 13.2 Å². The van der Waals surface area contributed by atoms with Gasteiger partial charge in [-0.25, -0.2) is 8.42 Å². The van der Waals surface area contributed by atoms with Gasteiger partial charge in [0.1, 0.15) is 0 Å².